The average Bonchev–Trinajstić information content (AvgIpc) is 3.90. The minimum absolute atomic E-state index is 0.907. The van der Waals surface area contributed by atoms with Crippen LogP contribution in [-0.2, 0) is 0 Å². The highest BCUT2D eigenvalue weighted by Crippen LogP contribution is 2.48. The van der Waals surface area contributed by atoms with Gasteiger partial charge in [-0.3, -0.25) is 0 Å². The first-order chi connectivity index (χ1) is 29.8. The van der Waals surface area contributed by atoms with Crippen molar-refractivity contribution >= 4 is 87.0 Å². The Kier molecular flexibility index (Phi) is 7.05. The van der Waals surface area contributed by atoms with Crippen LogP contribution >= 0.6 is 0 Å². The Morgan fingerprint density at radius 1 is 0.217 bits per heavy atom. The molecule has 2 heterocycles. The van der Waals surface area contributed by atoms with Crippen molar-refractivity contribution in [3.8, 4) is 44.5 Å². The lowest BCUT2D eigenvalue weighted by atomic mass is 9.83. The first-order valence-electron chi connectivity index (χ1n) is 20.6. The van der Waals surface area contributed by atoms with Crippen molar-refractivity contribution in [2.45, 2.75) is 0 Å². The normalized spacial score (nSPS) is 12.0. The third-order valence-corrected chi connectivity index (χ3v) is 12.7. The van der Waals surface area contributed by atoms with Crippen LogP contribution < -0.4 is 0 Å². The molecule has 0 atom stereocenters. The summed E-state index contributed by atoms with van der Waals surface area (Å²) in [6.07, 6.45) is 0. The molecular weight excluding hydrogens is 729 g/mol. The molecule has 0 radical (unpaired) electrons. The summed E-state index contributed by atoms with van der Waals surface area (Å²) in [5.41, 5.74) is 13.3. The van der Waals surface area contributed by atoms with Crippen LogP contribution in [0.15, 0.2) is 215 Å². The molecule has 0 N–H and O–H groups in total. The average molecular weight is 763 g/mol. The molecule has 0 fully saturated rings. The molecule has 13 aromatic rings. The number of hydrogen-bond donors (Lipinski definition) is 0. The van der Waals surface area contributed by atoms with E-state index in [1.54, 1.807) is 0 Å². The molecule has 0 saturated carbocycles. The van der Waals surface area contributed by atoms with Gasteiger partial charge in [0.25, 0.3) is 0 Å². The lowest BCUT2D eigenvalue weighted by molar-refractivity contribution is 0.669. The van der Waals surface area contributed by atoms with Crippen LogP contribution in [0.5, 0.6) is 0 Å². The van der Waals surface area contributed by atoms with E-state index < -0.39 is 0 Å². The summed E-state index contributed by atoms with van der Waals surface area (Å²) >= 11 is 0. The quantitative estimate of drug-likeness (QED) is 0.167. The number of rotatable bonds is 4. The second kappa shape index (κ2) is 12.8. The monoisotopic (exact) mass is 762 g/mol. The van der Waals surface area contributed by atoms with E-state index in [1.165, 1.54) is 87.6 Å². The molecule has 2 aromatic heterocycles. The van der Waals surface area contributed by atoms with Crippen molar-refractivity contribution < 1.29 is 8.83 Å². The van der Waals surface area contributed by atoms with Crippen LogP contribution in [0.25, 0.3) is 131 Å². The standard InChI is InChI=1S/C58H34O2/c1-2-14-35(15-3-1)36-16-4-5-17-43(36)56-46-26-12-22-39(37-20-10-24-44-41(37)30-32-54-57(44)48-18-6-8-28-52(48)59-54)50(46)34-51-40(23-13-27-47(51)56)38-21-11-25-45-42(38)31-33-55-58(45)49-19-7-9-29-53(49)60-55/h1-34H. The molecule has 0 spiro atoms. The molecular formula is C58H34O2. The van der Waals surface area contributed by atoms with Crippen molar-refractivity contribution in [3.05, 3.63) is 206 Å². The molecule has 11 aromatic carbocycles. The second-order valence-corrected chi connectivity index (χ2v) is 15.8. The highest BCUT2D eigenvalue weighted by Gasteiger charge is 2.21. The Morgan fingerprint density at radius 2 is 0.617 bits per heavy atom. The Labute approximate surface area is 345 Å². The van der Waals surface area contributed by atoms with E-state index in [1.807, 2.05) is 12.1 Å². The Bertz CT molecular complexity index is 3670. The lowest BCUT2D eigenvalue weighted by Gasteiger charge is -2.20. The van der Waals surface area contributed by atoms with Gasteiger partial charge in [0.05, 0.1) is 0 Å². The maximum atomic E-state index is 6.36. The first-order valence-corrected chi connectivity index (χ1v) is 20.6. The van der Waals surface area contributed by atoms with Crippen LogP contribution in [0, 0.1) is 0 Å². The molecule has 278 valence electrons. The van der Waals surface area contributed by atoms with Crippen molar-refractivity contribution in [3.63, 3.8) is 0 Å². The van der Waals surface area contributed by atoms with Crippen molar-refractivity contribution in [1.29, 1.82) is 0 Å². The van der Waals surface area contributed by atoms with Gasteiger partial charge in [0.15, 0.2) is 0 Å². The fourth-order valence-electron chi connectivity index (χ4n) is 10.1. The molecule has 0 bridgehead atoms. The molecule has 0 aliphatic carbocycles. The molecule has 60 heavy (non-hydrogen) atoms. The van der Waals surface area contributed by atoms with Gasteiger partial charge in [-0.05, 0) is 118 Å². The van der Waals surface area contributed by atoms with E-state index in [0.717, 1.165) is 43.9 Å². The predicted molar refractivity (Wildman–Crippen MR) is 253 cm³/mol. The fraction of sp³-hybridized carbons (Fsp3) is 0. The molecule has 13 rings (SSSR count). The Morgan fingerprint density at radius 3 is 1.15 bits per heavy atom. The van der Waals surface area contributed by atoms with Gasteiger partial charge in [0.2, 0.25) is 0 Å². The minimum Gasteiger partial charge on any atom is -0.456 e. The van der Waals surface area contributed by atoms with E-state index in [4.69, 9.17) is 8.83 Å². The minimum atomic E-state index is 0.907. The van der Waals surface area contributed by atoms with Crippen LogP contribution in [0.4, 0.5) is 0 Å². The van der Waals surface area contributed by atoms with Gasteiger partial charge in [-0.1, -0.05) is 176 Å². The summed E-state index contributed by atoms with van der Waals surface area (Å²) in [6, 6.07) is 74.8. The van der Waals surface area contributed by atoms with Crippen molar-refractivity contribution in [2.75, 3.05) is 0 Å². The van der Waals surface area contributed by atoms with Crippen LogP contribution in [0.2, 0.25) is 0 Å². The van der Waals surface area contributed by atoms with Crippen molar-refractivity contribution in [1.82, 2.24) is 0 Å². The largest absolute Gasteiger partial charge is 0.456 e. The van der Waals surface area contributed by atoms with E-state index in [2.05, 4.69) is 194 Å². The first kappa shape index (κ1) is 33.1. The van der Waals surface area contributed by atoms with Gasteiger partial charge < -0.3 is 8.83 Å². The molecule has 0 unspecified atom stereocenters. The molecule has 2 heteroatoms. The van der Waals surface area contributed by atoms with Gasteiger partial charge in [0.1, 0.15) is 22.3 Å². The zero-order valence-electron chi connectivity index (χ0n) is 32.4. The third-order valence-electron chi connectivity index (χ3n) is 12.7. The van der Waals surface area contributed by atoms with E-state index in [-0.39, 0.29) is 0 Å². The van der Waals surface area contributed by atoms with Gasteiger partial charge in [-0.2, -0.15) is 0 Å². The van der Waals surface area contributed by atoms with Gasteiger partial charge in [0, 0.05) is 21.5 Å². The lowest BCUT2D eigenvalue weighted by Crippen LogP contribution is -1.93. The second-order valence-electron chi connectivity index (χ2n) is 15.8. The molecule has 0 saturated heterocycles. The summed E-state index contributed by atoms with van der Waals surface area (Å²) in [6.45, 7) is 0. The number of para-hydroxylation sites is 2. The van der Waals surface area contributed by atoms with Gasteiger partial charge in [-0.25, -0.2) is 0 Å². The highest BCUT2D eigenvalue weighted by molar-refractivity contribution is 6.26. The maximum Gasteiger partial charge on any atom is 0.136 e. The van der Waals surface area contributed by atoms with E-state index >= 15 is 0 Å². The Hall–Kier alpha value is -7.94. The number of fused-ring (bicyclic) bond motifs is 12. The summed E-state index contributed by atoms with van der Waals surface area (Å²) in [5.74, 6) is 0. The molecule has 2 nitrogen and oxygen atoms in total. The van der Waals surface area contributed by atoms with Crippen LogP contribution in [-0.4, -0.2) is 0 Å². The van der Waals surface area contributed by atoms with Gasteiger partial charge >= 0.3 is 0 Å². The third kappa shape index (κ3) is 4.76. The molecule has 0 amide bonds. The fourth-order valence-corrected chi connectivity index (χ4v) is 10.1. The summed E-state index contributed by atoms with van der Waals surface area (Å²) in [4.78, 5) is 0. The maximum absolute atomic E-state index is 6.36. The number of benzene rings is 11. The Balaban J connectivity index is 1.15. The summed E-state index contributed by atoms with van der Waals surface area (Å²) in [5, 5.41) is 14.2. The van der Waals surface area contributed by atoms with Crippen molar-refractivity contribution in [2.24, 2.45) is 0 Å². The van der Waals surface area contributed by atoms with Crippen LogP contribution in [0.3, 0.4) is 0 Å². The smallest absolute Gasteiger partial charge is 0.136 e. The topological polar surface area (TPSA) is 26.3 Å². The summed E-state index contributed by atoms with van der Waals surface area (Å²) in [7, 11) is 0. The molecule has 0 aliphatic rings. The zero-order valence-corrected chi connectivity index (χ0v) is 32.4. The zero-order chi connectivity index (χ0) is 39.3. The van der Waals surface area contributed by atoms with E-state index in [0.29, 0.717) is 0 Å². The van der Waals surface area contributed by atoms with Crippen LogP contribution in [0.1, 0.15) is 0 Å². The number of hydrogen-bond acceptors (Lipinski definition) is 2. The number of furan rings is 2. The predicted octanol–water partition coefficient (Wildman–Crippen LogP) is 16.8. The van der Waals surface area contributed by atoms with Gasteiger partial charge in [-0.15, -0.1) is 0 Å². The molecule has 0 aliphatic heterocycles. The highest BCUT2D eigenvalue weighted by atomic mass is 16.3. The summed E-state index contributed by atoms with van der Waals surface area (Å²) < 4.78 is 12.7. The SMILES string of the molecule is c1ccc(-c2ccccc2-c2c3cccc(-c4cccc5c4ccc4oc6ccccc6c45)c3cc3c(-c4cccc5c4ccc4oc6ccccc6c45)cccc23)cc1. The van der Waals surface area contributed by atoms with E-state index in [9.17, 15) is 0 Å².